The molecule has 0 aromatic rings. The normalized spacial score (nSPS) is 42.3. The molecule has 42 heavy (non-hydrogen) atoms. The highest BCUT2D eigenvalue weighted by Gasteiger charge is 2.71. The van der Waals surface area contributed by atoms with E-state index >= 15 is 0 Å². The lowest BCUT2D eigenvalue weighted by Crippen LogP contribution is -2.66. The molecule has 0 aliphatic heterocycles. The second-order valence-corrected chi connectivity index (χ2v) is 16.4. The number of hydrogen-bond acceptors (Lipinski definition) is 8. The monoisotopic (exact) mass is 594 g/mol. The zero-order valence-electron chi connectivity index (χ0n) is 27.9. The third kappa shape index (κ3) is 5.35. The van der Waals surface area contributed by atoms with Crippen molar-refractivity contribution in [3.05, 3.63) is 0 Å². The minimum atomic E-state index is -0.930. The number of carbonyl (C=O) groups is 2. The molecular weight excluding hydrogens is 536 g/mol. The molecule has 4 fully saturated rings. The maximum atomic E-state index is 12.1. The van der Waals surface area contributed by atoms with E-state index in [0.717, 1.165) is 44.9 Å². The van der Waals surface area contributed by atoms with Crippen LogP contribution in [-0.2, 0) is 18.9 Å². The average Bonchev–Trinajstić information content (AvgIpc) is 3.27. The molecule has 10 atom stereocenters. The summed E-state index contributed by atoms with van der Waals surface area (Å²) in [6.07, 6.45) is 6.48. The van der Waals surface area contributed by atoms with Crippen molar-refractivity contribution in [2.75, 3.05) is 14.2 Å². The van der Waals surface area contributed by atoms with Gasteiger partial charge in [0.1, 0.15) is 11.7 Å². The van der Waals surface area contributed by atoms with E-state index < -0.39 is 29.6 Å². The Hall–Kier alpha value is -1.54. The van der Waals surface area contributed by atoms with Gasteiger partial charge in [-0.1, -0.05) is 34.6 Å². The predicted octanol–water partition coefficient (Wildman–Crippen LogP) is 7.28. The highest BCUT2D eigenvalue weighted by atomic mass is 16.7. The summed E-state index contributed by atoms with van der Waals surface area (Å²) in [5.74, 6) is 0.749. The zero-order valence-corrected chi connectivity index (χ0v) is 27.9. The molecule has 0 unspecified atom stereocenters. The van der Waals surface area contributed by atoms with Crippen LogP contribution in [-0.4, -0.2) is 60.2 Å². The van der Waals surface area contributed by atoms with Gasteiger partial charge in [0.2, 0.25) is 0 Å². The first-order valence-corrected chi connectivity index (χ1v) is 16.2. The molecule has 4 aliphatic rings. The number of fused-ring (bicyclic) bond motifs is 5. The second kappa shape index (κ2) is 11.1. The highest BCUT2D eigenvalue weighted by Crippen LogP contribution is 2.76. The molecule has 4 aliphatic carbocycles. The van der Waals surface area contributed by atoms with Crippen molar-refractivity contribution < 1.29 is 38.7 Å². The van der Waals surface area contributed by atoms with Crippen molar-refractivity contribution >= 4 is 12.3 Å². The first-order chi connectivity index (χ1) is 19.3. The minimum Gasteiger partial charge on any atom is -0.438 e. The molecule has 0 bridgehead atoms. The van der Waals surface area contributed by atoms with Crippen molar-refractivity contribution in [1.29, 1.82) is 0 Å². The van der Waals surface area contributed by atoms with Gasteiger partial charge in [0, 0.05) is 5.41 Å². The summed E-state index contributed by atoms with van der Waals surface area (Å²) in [4.78, 5) is 23.7. The maximum Gasteiger partial charge on any atom is 0.508 e. The van der Waals surface area contributed by atoms with Crippen LogP contribution in [0.2, 0.25) is 0 Å². The molecule has 0 heterocycles. The zero-order chi connectivity index (χ0) is 31.5. The number of aliphatic hydroxyl groups is 2. The number of ether oxygens (including phenoxy) is 4. The third-order valence-corrected chi connectivity index (χ3v) is 13.5. The van der Waals surface area contributed by atoms with Crippen molar-refractivity contribution in [2.24, 2.45) is 45.3 Å². The highest BCUT2D eigenvalue weighted by molar-refractivity contribution is 5.60. The minimum absolute atomic E-state index is 0.00563. The molecule has 0 amide bonds. The molecule has 242 valence electrons. The van der Waals surface area contributed by atoms with Crippen LogP contribution in [0.5, 0.6) is 0 Å². The SMILES string of the molecule is COC(=O)O[C@H]1CC[C@]2(C)[C@H]3C[C@@H](O)[C@@H]4[C@@H]([C@](C)(O)CCCC(C)(C)OC(=O)OC)CC[C@@]4(C)[C@]3(C)CC[C@H]2C1(C)C. The standard InChI is InChI=1S/C34H58O8/c1-29(2,42-28(37)40-10)15-11-16-34(8,38)21-12-18-33(7)26(21)22(35)20-24-31(5)17-14-25(41-27(36)39-9)30(3,4)23(31)13-19-32(24,33)6/h21-26,35,38H,11-20H2,1-10H3/t21-,22+,23-,24+,25-,26-,31-,32+,33+,34+/m0/s1. The van der Waals surface area contributed by atoms with Crippen LogP contribution in [0.3, 0.4) is 0 Å². The smallest absolute Gasteiger partial charge is 0.438 e. The van der Waals surface area contributed by atoms with Gasteiger partial charge in [-0.15, -0.1) is 0 Å². The molecule has 0 spiro atoms. The fourth-order valence-corrected chi connectivity index (χ4v) is 11.2. The van der Waals surface area contributed by atoms with E-state index in [4.69, 9.17) is 14.2 Å². The lowest BCUT2D eigenvalue weighted by molar-refractivity contribution is -0.247. The number of aliphatic hydroxyl groups excluding tert-OH is 1. The summed E-state index contributed by atoms with van der Waals surface area (Å²) >= 11 is 0. The Morgan fingerprint density at radius 2 is 1.45 bits per heavy atom. The largest absolute Gasteiger partial charge is 0.508 e. The lowest BCUT2D eigenvalue weighted by Gasteiger charge is -2.70. The van der Waals surface area contributed by atoms with Gasteiger partial charge < -0.3 is 29.2 Å². The molecule has 8 nitrogen and oxygen atoms in total. The van der Waals surface area contributed by atoms with Crippen LogP contribution in [0.4, 0.5) is 9.59 Å². The Kier molecular flexibility index (Phi) is 8.83. The molecule has 0 radical (unpaired) electrons. The van der Waals surface area contributed by atoms with E-state index in [1.165, 1.54) is 14.2 Å². The van der Waals surface area contributed by atoms with E-state index in [9.17, 15) is 19.8 Å². The van der Waals surface area contributed by atoms with Crippen LogP contribution in [0.15, 0.2) is 0 Å². The Bertz CT molecular complexity index is 1020. The third-order valence-electron chi connectivity index (χ3n) is 13.5. The van der Waals surface area contributed by atoms with Gasteiger partial charge in [-0.3, -0.25) is 0 Å². The molecular formula is C34H58O8. The summed E-state index contributed by atoms with van der Waals surface area (Å²) in [5, 5.41) is 23.9. The fraction of sp³-hybridized carbons (Fsp3) is 0.941. The second-order valence-electron chi connectivity index (χ2n) is 16.4. The van der Waals surface area contributed by atoms with E-state index in [1.54, 1.807) is 0 Å². The maximum absolute atomic E-state index is 12.1. The van der Waals surface area contributed by atoms with Crippen LogP contribution in [0, 0.1) is 45.3 Å². The van der Waals surface area contributed by atoms with Crippen molar-refractivity contribution in [3.8, 4) is 0 Å². The number of carbonyl (C=O) groups excluding carboxylic acids is 2. The Morgan fingerprint density at radius 3 is 2.07 bits per heavy atom. The van der Waals surface area contributed by atoms with Gasteiger partial charge in [-0.2, -0.15) is 0 Å². The first-order valence-electron chi connectivity index (χ1n) is 16.2. The van der Waals surface area contributed by atoms with Crippen molar-refractivity contribution in [1.82, 2.24) is 0 Å². The van der Waals surface area contributed by atoms with E-state index in [0.29, 0.717) is 31.1 Å². The fourth-order valence-electron chi connectivity index (χ4n) is 11.2. The number of methoxy groups -OCH3 is 2. The summed E-state index contributed by atoms with van der Waals surface area (Å²) < 4.78 is 20.7. The summed E-state index contributed by atoms with van der Waals surface area (Å²) in [7, 11) is 2.67. The molecule has 4 rings (SSSR count). The molecule has 0 saturated heterocycles. The average molecular weight is 595 g/mol. The van der Waals surface area contributed by atoms with Gasteiger partial charge in [-0.05, 0) is 125 Å². The van der Waals surface area contributed by atoms with Crippen molar-refractivity contribution in [3.63, 3.8) is 0 Å². The Balaban J connectivity index is 1.53. The Morgan fingerprint density at radius 1 is 0.833 bits per heavy atom. The van der Waals surface area contributed by atoms with Gasteiger partial charge >= 0.3 is 12.3 Å². The topological polar surface area (TPSA) is 112 Å². The molecule has 0 aromatic carbocycles. The van der Waals surface area contributed by atoms with Crippen LogP contribution < -0.4 is 0 Å². The molecule has 4 saturated carbocycles. The summed E-state index contributed by atoms with van der Waals surface area (Å²) in [5.41, 5.74) is -1.84. The van der Waals surface area contributed by atoms with Crippen LogP contribution in [0.25, 0.3) is 0 Å². The molecule has 8 heteroatoms. The first kappa shape index (κ1) is 33.4. The van der Waals surface area contributed by atoms with Gasteiger partial charge in [0.15, 0.2) is 0 Å². The number of hydrogen-bond donors (Lipinski definition) is 2. The van der Waals surface area contributed by atoms with Crippen LogP contribution in [0.1, 0.15) is 120 Å². The lowest BCUT2D eigenvalue weighted by atomic mass is 9.35. The summed E-state index contributed by atoms with van der Waals surface area (Å²) in [6.45, 7) is 17.5. The van der Waals surface area contributed by atoms with Gasteiger partial charge in [-0.25, -0.2) is 9.59 Å². The van der Waals surface area contributed by atoms with Crippen LogP contribution >= 0.6 is 0 Å². The van der Waals surface area contributed by atoms with E-state index in [1.807, 2.05) is 20.8 Å². The van der Waals surface area contributed by atoms with Gasteiger partial charge in [0.05, 0.1) is 25.9 Å². The molecule has 0 aromatic heterocycles. The Labute approximate surface area is 253 Å². The number of rotatable bonds is 7. The quantitative estimate of drug-likeness (QED) is 0.296. The van der Waals surface area contributed by atoms with E-state index in [2.05, 4.69) is 39.4 Å². The van der Waals surface area contributed by atoms with Crippen molar-refractivity contribution in [2.45, 2.75) is 143 Å². The predicted molar refractivity (Wildman–Crippen MR) is 160 cm³/mol. The molecule has 2 N–H and O–H groups in total. The summed E-state index contributed by atoms with van der Waals surface area (Å²) in [6, 6.07) is 0. The van der Waals surface area contributed by atoms with E-state index in [-0.39, 0.29) is 39.6 Å². The van der Waals surface area contributed by atoms with Gasteiger partial charge in [0.25, 0.3) is 0 Å².